The van der Waals surface area contributed by atoms with Crippen LogP contribution in [0.15, 0.2) is 59.4 Å². The first-order chi connectivity index (χ1) is 15.5. The summed E-state index contributed by atoms with van der Waals surface area (Å²) in [6.07, 6.45) is 1.79. The number of rotatable bonds is 8. The fraction of sp³-hybridized carbons (Fsp3) is 0.348. The minimum absolute atomic E-state index is 0.0956. The summed E-state index contributed by atoms with van der Waals surface area (Å²) in [5.74, 6) is 0.330. The second-order valence-corrected chi connectivity index (χ2v) is 8.74. The van der Waals surface area contributed by atoms with Crippen molar-refractivity contribution in [3.63, 3.8) is 0 Å². The summed E-state index contributed by atoms with van der Waals surface area (Å²) in [6.45, 7) is 2.15. The molecule has 0 bridgehead atoms. The maximum Gasteiger partial charge on any atom is 0.227 e. The van der Waals surface area contributed by atoms with Gasteiger partial charge in [-0.25, -0.2) is 0 Å². The summed E-state index contributed by atoms with van der Waals surface area (Å²) in [4.78, 5) is 21.7. The van der Waals surface area contributed by atoms with E-state index in [4.69, 9.17) is 27.7 Å². The van der Waals surface area contributed by atoms with Crippen molar-refractivity contribution in [1.29, 1.82) is 0 Å². The molecule has 9 heteroatoms. The lowest BCUT2D eigenvalue weighted by molar-refractivity contribution is -0.134. The first-order valence-electron chi connectivity index (χ1n) is 10.4. The maximum atomic E-state index is 13.6. The third-order valence-electron chi connectivity index (χ3n) is 5.62. The van der Waals surface area contributed by atoms with Crippen LogP contribution in [0.25, 0.3) is 0 Å². The van der Waals surface area contributed by atoms with Gasteiger partial charge < -0.3 is 14.5 Å². The van der Waals surface area contributed by atoms with Gasteiger partial charge in [-0.15, -0.1) is 0 Å². The zero-order chi connectivity index (χ0) is 22.5. The molecule has 1 fully saturated rings. The fourth-order valence-corrected chi connectivity index (χ4v) is 4.31. The smallest absolute Gasteiger partial charge is 0.227 e. The number of benzene rings is 2. The quantitative estimate of drug-likeness (QED) is 0.535. The minimum atomic E-state index is -0.344. The van der Waals surface area contributed by atoms with Gasteiger partial charge in [-0.1, -0.05) is 64.8 Å². The molecule has 0 radical (unpaired) electrons. The molecule has 168 valence electrons. The Bertz CT molecular complexity index is 1030. The molecule has 1 aliphatic rings. The standard InChI is InChI=1S/C23H24Cl2N4O3/c24-19-7-6-16(10-20(19)25)11-23(31)29(14-22-26-15-32-27-22)21(17-4-2-1-3-5-17)13-28-9-8-18(30)12-28/h1-7,10,15,18,21,30H,8-9,11-14H2/t18-,21+/m0/s1. The van der Waals surface area contributed by atoms with E-state index in [1.807, 2.05) is 30.3 Å². The molecule has 32 heavy (non-hydrogen) atoms. The van der Waals surface area contributed by atoms with Crippen LogP contribution in [0, 0.1) is 0 Å². The number of hydrogen-bond donors (Lipinski definition) is 1. The molecule has 1 amide bonds. The molecule has 0 spiro atoms. The average Bonchev–Trinajstić information content (AvgIpc) is 3.45. The van der Waals surface area contributed by atoms with Gasteiger partial charge in [0.2, 0.25) is 12.3 Å². The Balaban J connectivity index is 1.64. The lowest BCUT2D eigenvalue weighted by Gasteiger charge is -2.34. The Labute approximate surface area is 196 Å². The zero-order valence-electron chi connectivity index (χ0n) is 17.4. The van der Waals surface area contributed by atoms with Gasteiger partial charge in [0.25, 0.3) is 0 Å². The van der Waals surface area contributed by atoms with Crippen molar-refractivity contribution < 1.29 is 14.4 Å². The largest absolute Gasteiger partial charge is 0.392 e. The van der Waals surface area contributed by atoms with Gasteiger partial charge in [0.1, 0.15) is 0 Å². The van der Waals surface area contributed by atoms with Crippen molar-refractivity contribution in [3.8, 4) is 0 Å². The van der Waals surface area contributed by atoms with Gasteiger partial charge in [0, 0.05) is 19.6 Å². The van der Waals surface area contributed by atoms with Gasteiger partial charge >= 0.3 is 0 Å². The van der Waals surface area contributed by atoms with E-state index in [9.17, 15) is 9.90 Å². The summed E-state index contributed by atoms with van der Waals surface area (Å²) in [5.41, 5.74) is 1.77. The lowest BCUT2D eigenvalue weighted by atomic mass is 10.0. The van der Waals surface area contributed by atoms with Crippen LogP contribution in [-0.4, -0.2) is 56.7 Å². The van der Waals surface area contributed by atoms with Gasteiger partial charge in [-0.2, -0.15) is 4.98 Å². The summed E-state index contributed by atoms with van der Waals surface area (Å²) in [6, 6.07) is 14.8. The molecule has 4 rings (SSSR count). The first-order valence-corrected chi connectivity index (χ1v) is 11.2. The first kappa shape index (κ1) is 22.7. The van der Waals surface area contributed by atoms with Crippen LogP contribution in [0.2, 0.25) is 10.0 Å². The number of likely N-dealkylation sites (tertiary alicyclic amines) is 1. The van der Waals surface area contributed by atoms with Gasteiger partial charge in [0.15, 0.2) is 5.82 Å². The maximum absolute atomic E-state index is 13.6. The number of β-amino-alcohol motifs (C(OH)–C–C–N with tert-alkyl or cyclic N) is 1. The highest BCUT2D eigenvalue weighted by molar-refractivity contribution is 6.42. The second kappa shape index (κ2) is 10.4. The molecule has 1 N–H and O–H groups in total. The highest BCUT2D eigenvalue weighted by atomic mass is 35.5. The lowest BCUT2D eigenvalue weighted by Crippen LogP contribution is -2.41. The molecule has 7 nitrogen and oxygen atoms in total. The number of aliphatic hydroxyl groups is 1. The van der Waals surface area contributed by atoms with E-state index in [1.54, 1.807) is 23.1 Å². The van der Waals surface area contributed by atoms with Crippen molar-refractivity contribution in [2.24, 2.45) is 0 Å². The number of nitrogens with zero attached hydrogens (tertiary/aromatic N) is 4. The van der Waals surface area contributed by atoms with E-state index < -0.39 is 0 Å². The Morgan fingerprint density at radius 1 is 1.22 bits per heavy atom. The van der Waals surface area contributed by atoms with Crippen LogP contribution >= 0.6 is 23.2 Å². The third-order valence-corrected chi connectivity index (χ3v) is 6.36. The molecule has 3 aromatic rings. The van der Waals surface area contributed by atoms with Crippen molar-refractivity contribution in [3.05, 3.63) is 81.9 Å². The third kappa shape index (κ3) is 5.66. The molecule has 1 aliphatic heterocycles. The summed E-state index contributed by atoms with van der Waals surface area (Å²) < 4.78 is 4.90. The Morgan fingerprint density at radius 3 is 2.69 bits per heavy atom. The number of carbonyl (C=O) groups excluding carboxylic acids is 1. The van der Waals surface area contributed by atoms with E-state index in [0.29, 0.717) is 29.0 Å². The highest BCUT2D eigenvalue weighted by Gasteiger charge is 2.31. The molecule has 0 saturated carbocycles. The predicted molar refractivity (Wildman–Crippen MR) is 121 cm³/mol. The molecular formula is C23H24Cl2N4O3. The monoisotopic (exact) mass is 474 g/mol. The van der Waals surface area contributed by atoms with E-state index in [0.717, 1.165) is 24.1 Å². The van der Waals surface area contributed by atoms with Crippen molar-refractivity contribution >= 4 is 29.1 Å². The summed E-state index contributed by atoms with van der Waals surface area (Å²) in [7, 11) is 0. The molecule has 1 aromatic heterocycles. The van der Waals surface area contributed by atoms with Crippen LogP contribution in [0.5, 0.6) is 0 Å². The number of aromatic nitrogens is 2. The van der Waals surface area contributed by atoms with Crippen molar-refractivity contribution in [2.45, 2.75) is 31.5 Å². The Hall–Kier alpha value is -2.45. The zero-order valence-corrected chi connectivity index (χ0v) is 18.9. The summed E-state index contributed by atoms with van der Waals surface area (Å²) >= 11 is 12.2. The number of halogens is 2. The topological polar surface area (TPSA) is 82.7 Å². The van der Waals surface area contributed by atoms with Crippen LogP contribution in [0.3, 0.4) is 0 Å². The van der Waals surface area contributed by atoms with E-state index in [2.05, 4.69) is 15.0 Å². The number of hydrogen-bond acceptors (Lipinski definition) is 6. The molecular weight excluding hydrogens is 451 g/mol. The number of amides is 1. The number of aliphatic hydroxyl groups excluding tert-OH is 1. The number of carbonyl (C=O) groups is 1. The highest BCUT2D eigenvalue weighted by Crippen LogP contribution is 2.28. The average molecular weight is 475 g/mol. The summed E-state index contributed by atoms with van der Waals surface area (Å²) in [5, 5.41) is 14.8. The van der Waals surface area contributed by atoms with Crippen LogP contribution in [0.4, 0.5) is 0 Å². The van der Waals surface area contributed by atoms with Gasteiger partial charge in [-0.05, 0) is 29.7 Å². The molecule has 2 atom stereocenters. The van der Waals surface area contributed by atoms with Crippen molar-refractivity contribution in [2.75, 3.05) is 19.6 Å². The van der Waals surface area contributed by atoms with Gasteiger partial charge in [-0.3, -0.25) is 9.69 Å². The van der Waals surface area contributed by atoms with Crippen molar-refractivity contribution in [1.82, 2.24) is 19.9 Å². The Morgan fingerprint density at radius 2 is 2.03 bits per heavy atom. The SMILES string of the molecule is O=C(Cc1ccc(Cl)c(Cl)c1)N(Cc1ncon1)[C@H](CN1CC[C@H](O)C1)c1ccccc1. The van der Waals surface area contributed by atoms with E-state index in [1.165, 1.54) is 6.39 Å². The Kier molecular flexibility index (Phi) is 7.42. The fourth-order valence-electron chi connectivity index (χ4n) is 3.99. The molecule has 0 unspecified atom stereocenters. The minimum Gasteiger partial charge on any atom is -0.392 e. The van der Waals surface area contributed by atoms with E-state index in [-0.39, 0.29) is 31.0 Å². The van der Waals surface area contributed by atoms with Crippen LogP contribution in [-0.2, 0) is 17.8 Å². The van der Waals surface area contributed by atoms with Crippen LogP contribution in [0.1, 0.15) is 29.4 Å². The molecule has 2 aromatic carbocycles. The predicted octanol–water partition coefficient (Wildman–Crippen LogP) is 3.76. The molecule has 2 heterocycles. The van der Waals surface area contributed by atoms with Crippen LogP contribution < -0.4 is 0 Å². The van der Waals surface area contributed by atoms with Gasteiger partial charge in [0.05, 0.1) is 35.2 Å². The van der Waals surface area contributed by atoms with E-state index >= 15 is 0 Å². The normalized spacial score (nSPS) is 17.4. The second-order valence-electron chi connectivity index (χ2n) is 7.92. The molecule has 1 saturated heterocycles. The molecule has 0 aliphatic carbocycles.